The van der Waals surface area contributed by atoms with Crippen molar-refractivity contribution in [3.63, 3.8) is 0 Å². The molecule has 6 heterocycles. The summed E-state index contributed by atoms with van der Waals surface area (Å²) in [6, 6.07) is 16.6. The second-order valence-corrected chi connectivity index (χ2v) is 16.5. The number of aryl methyl sites for hydroxylation is 4. The van der Waals surface area contributed by atoms with Crippen LogP contribution in [0.4, 0.5) is 21.2 Å². The van der Waals surface area contributed by atoms with Crippen LogP contribution in [0, 0.1) is 27.7 Å². The van der Waals surface area contributed by atoms with Crippen molar-refractivity contribution in [1.82, 2.24) is 41.0 Å². The smallest absolute Gasteiger partial charge is 0.322 e. The van der Waals surface area contributed by atoms with Gasteiger partial charge in [-0.05, 0) is 85.3 Å². The third-order valence-electron chi connectivity index (χ3n) is 12.0. The van der Waals surface area contributed by atoms with E-state index in [1.807, 2.05) is 36.0 Å². The molecule has 64 heavy (non-hydrogen) atoms. The minimum Gasteiger partial charge on any atom is -0.381 e. The summed E-state index contributed by atoms with van der Waals surface area (Å²) >= 11 is 0. The molecule has 0 saturated carbocycles. The Kier molecular flexibility index (Phi) is 13.3. The largest absolute Gasteiger partial charge is 0.381 e. The zero-order valence-electron chi connectivity index (χ0n) is 36.9. The lowest BCUT2D eigenvalue weighted by atomic mass is 9.90. The van der Waals surface area contributed by atoms with Gasteiger partial charge in [0, 0.05) is 90.1 Å². The Morgan fingerprint density at radius 3 is 1.19 bits per heavy atom. The van der Waals surface area contributed by atoms with Crippen molar-refractivity contribution in [3.8, 4) is 0 Å². The summed E-state index contributed by atoms with van der Waals surface area (Å²) in [5, 5.41) is 9.79. The Bertz CT molecular complexity index is 2260. The average molecular weight is 875 g/mol. The Morgan fingerprint density at radius 1 is 0.562 bits per heavy atom. The molecule has 18 nitrogen and oxygen atoms in total. The summed E-state index contributed by atoms with van der Waals surface area (Å²) in [5.74, 6) is 0.856. The third kappa shape index (κ3) is 9.10. The number of nitrogens with one attached hydrogen (secondary N) is 4. The van der Waals surface area contributed by atoms with E-state index < -0.39 is 35.0 Å². The summed E-state index contributed by atoms with van der Waals surface area (Å²) in [4.78, 5) is 91.4. The van der Waals surface area contributed by atoms with Gasteiger partial charge in [0.25, 0.3) is 23.6 Å². The van der Waals surface area contributed by atoms with E-state index in [2.05, 4.69) is 67.0 Å². The summed E-state index contributed by atoms with van der Waals surface area (Å²) in [6.45, 7) is 13.4. The number of aromatic nitrogens is 2. The fraction of sp³-hybridized carbons (Fsp3) is 0.391. The second kappa shape index (κ2) is 18.8. The number of carbonyl (C=O) groups excluding carboxylic acids is 6. The molecule has 4 aliphatic heterocycles. The predicted molar refractivity (Wildman–Crippen MR) is 237 cm³/mol. The topological polar surface area (TPSA) is 208 Å². The molecule has 18 heteroatoms. The van der Waals surface area contributed by atoms with Gasteiger partial charge in [-0.3, -0.25) is 29.8 Å². The first-order chi connectivity index (χ1) is 30.7. The lowest BCUT2D eigenvalue weighted by molar-refractivity contribution is -0.127. The number of nitrogens with zero attached hydrogens (tertiary/aromatic N) is 6. The Labute approximate surface area is 371 Å². The minimum absolute atomic E-state index is 0.00765. The SMILES string of the molecule is COC[C@@]1(c2ccc(C(=O)N3CCN(c4ncc(C)cc4C)CC3)cc2)NC(=O)NC1=O.COC[C@]1(c2ccc(C(=O)N3CCN(c4ncc(C)cc4C)CC3)cc2)NC(=O)NC1=O. The van der Waals surface area contributed by atoms with Crippen LogP contribution < -0.4 is 31.1 Å². The number of anilines is 2. The van der Waals surface area contributed by atoms with Gasteiger partial charge in [-0.1, -0.05) is 36.4 Å². The highest BCUT2D eigenvalue weighted by atomic mass is 16.5. The fourth-order valence-corrected chi connectivity index (χ4v) is 8.67. The Hall–Kier alpha value is -6.92. The van der Waals surface area contributed by atoms with E-state index in [1.165, 1.54) is 14.2 Å². The summed E-state index contributed by atoms with van der Waals surface area (Å²) in [6.07, 6.45) is 3.73. The minimum atomic E-state index is -1.29. The molecule has 0 spiro atoms. The van der Waals surface area contributed by atoms with Crippen molar-refractivity contribution in [2.24, 2.45) is 0 Å². The highest BCUT2D eigenvalue weighted by Gasteiger charge is 2.49. The highest BCUT2D eigenvalue weighted by molar-refractivity contribution is 6.08. The van der Waals surface area contributed by atoms with Crippen LogP contribution in [-0.4, -0.2) is 135 Å². The van der Waals surface area contributed by atoms with Gasteiger partial charge < -0.3 is 39.7 Å². The van der Waals surface area contributed by atoms with E-state index in [1.54, 1.807) is 48.5 Å². The van der Waals surface area contributed by atoms with Gasteiger partial charge in [0.15, 0.2) is 11.1 Å². The van der Waals surface area contributed by atoms with Gasteiger partial charge in [0.1, 0.15) is 11.6 Å². The van der Waals surface area contributed by atoms with Crippen molar-refractivity contribution in [2.45, 2.75) is 38.8 Å². The Morgan fingerprint density at radius 2 is 0.906 bits per heavy atom. The van der Waals surface area contributed by atoms with E-state index in [-0.39, 0.29) is 25.0 Å². The van der Waals surface area contributed by atoms with Gasteiger partial charge in [-0.15, -0.1) is 0 Å². The normalized spacial score (nSPS) is 20.8. The van der Waals surface area contributed by atoms with Crippen LogP contribution >= 0.6 is 0 Å². The number of imide groups is 2. The van der Waals surface area contributed by atoms with E-state index in [0.29, 0.717) is 74.6 Å². The van der Waals surface area contributed by atoms with Gasteiger partial charge in [0.05, 0.1) is 13.2 Å². The molecule has 8 rings (SSSR count). The van der Waals surface area contributed by atoms with Gasteiger partial charge in [-0.25, -0.2) is 19.6 Å². The quantitative estimate of drug-likeness (QED) is 0.170. The molecule has 2 aromatic carbocycles. The van der Waals surface area contributed by atoms with E-state index in [9.17, 15) is 28.8 Å². The summed E-state index contributed by atoms with van der Waals surface area (Å²) < 4.78 is 10.4. The zero-order chi connectivity index (χ0) is 45.8. The first-order valence-electron chi connectivity index (χ1n) is 21.1. The molecular weight excluding hydrogens is 821 g/mol. The van der Waals surface area contributed by atoms with Crippen LogP contribution in [0.3, 0.4) is 0 Å². The molecule has 2 aromatic heterocycles. The lowest BCUT2D eigenvalue weighted by Crippen LogP contribution is -2.49. The molecule has 0 radical (unpaired) electrons. The molecular formula is C46H54N10O8. The first-order valence-corrected chi connectivity index (χ1v) is 21.1. The highest BCUT2D eigenvalue weighted by Crippen LogP contribution is 2.29. The molecule has 8 amide bonds. The number of hydrogen-bond donors (Lipinski definition) is 4. The maximum absolute atomic E-state index is 13.0. The van der Waals surface area contributed by atoms with E-state index >= 15 is 0 Å². The van der Waals surface area contributed by atoms with Crippen LogP contribution in [0.15, 0.2) is 73.1 Å². The van der Waals surface area contributed by atoms with Crippen molar-refractivity contribution in [2.75, 3.05) is 89.6 Å². The lowest BCUT2D eigenvalue weighted by Gasteiger charge is -2.36. The number of benzene rings is 2. The van der Waals surface area contributed by atoms with Crippen LogP contribution in [0.2, 0.25) is 0 Å². The molecule has 0 aliphatic carbocycles. The average Bonchev–Trinajstić information content (AvgIpc) is 3.75. The zero-order valence-corrected chi connectivity index (χ0v) is 36.9. The molecule has 0 unspecified atom stereocenters. The van der Waals surface area contributed by atoms with Crippen molar-refractivity contribution in [3.05, 3.63) is 118 Å². The molecule has 4 N–H and O–H groups in total. The number of methoxy groups -OCH3 is 2. The number of carbonyl (C=O) groups is 6. The number of urea groups is 2. The molecule has 4 aliphatic rings. The predicted octanol–water partition coefficient (Wildman–Crippen LogP) is 2.68. The Balaban J connectivity index is 0.000000191. The van der Waals surface area contributed by atoms with Crippen LogP contribution in [0.5, 0.6) is 0 Å². The van der Waals surface area contributed by atoms with Crippen LogP contribution in [0.25, 0.3) is 0 Å². The third-order valence-corrected chi connectivity index (χ3v) is 12.0. The number of ether oxygens (including phenoxy) is 2. The van der Waals surface area contributed by atoms with E-state index in [4.69, 9.17) is 9.47 Å². The molecule has 4 aromatic rings. The maximum atomic E-state index is 13.0. The molecule has 0 bridgehead atoms. The monoisotopic (exact) mass is 874 g/mol. The maximum Gasteiger partial charge on any atom is 0.322 e. The fourth-order valence-electron chi connectivity index (χ4n) is 8.67. The van der Waals surface area contributed by atoms with Crippen molar-refractivity contribution in [1.29, 1.82) is 0 Å². The number of amides is 8. The molecule has 4 saturated heterocycles. The van der Waals surface area contributed by atoms with Crippen LogP contribution in [-0.2, 0) is 30.1 Å². The van der Waals surface area contributed by atoms with Gasteiger partial charge in [0.2, 0.25) is 0 Å². The second-order valence-electron chi connectivity index (χ2n) is 16.5. The number of piperazine rings is 2. The van der Waals surface area contributed by atoms with Crippen molar-refractivity contribution < 1.29 is 38.2 Å². The molecule has 4 fully saturated rings. The van der Waals surface area contributed by atoms with Crippen molar-refractivity contribution >= 4 is 47.3 Å². The molecule has 336 valence electrons. The summed E-state index contributed by atoms with van der Waals surface area (Å²) in [7, 11) is 2.93. The molecule has 2 atom stereocenters. The number of pyridine rings is 2. The summed E-state index contributed by atoms with van der Waals surface area (Å²) in [5.41, 5.74) is 4.12. The standard InChI is InChI=1S/2C23H27N5O4/c2*1-15-12-16(2)19(24-13-15)27-8-10-28(11-9-27)20(29)17-4-6-18(7-5-17)23(14-32-3)21(30)25-22(31)26-23/h2*4-7,12-13H,8-11,14H2,1-3H3,(H2,25,26,30,31)/t2*23-/m10/s1. The van der Waals surface area contributed by atoms with Gasteiger partial charge in [-0.2, -0.15) is 0 Å². The number of hydrogen-bond acceptors (Lipinski definition) is 12. The van der Waals surface area contributed by atoms with E-state index in [0.717, 1.165) is 33.9 Å². The van der Waals surface area contributed by atoms with Gasteiger partial charge >= 0.3 is 12.1 Å². The first kappa shape index (κ1) is 45.1. The number of rotatable bonds is 10. The van der Waals surface area contributed by atoms with Crippen LogP contribution in [0.1, 0.15) is 54.1 Å².